The molecule has 1 aromatic carbocycles. The molecule has 18 heteroatoms. The number of rotatable bonds is 10. The fraction of sp³-hybridized carbons (Fsp3) is 0.708. The summed E-state index contributed by atoms with van der Waals surface area (Å²) in [5, 5.41) is 61.8. The molecule has 0 aromatic heterocycles. The number of aliphatic hydroxyl groups is 6. The van der Waals surface area contributed by atoms with Crippen LogP contribution in [0, 0.1) is 0 Å². The van der Waals surface area contributed by atoms with Gasteiger partial charge in [-0.05, 0) is 39.0 Å². The molecular formula is C24H36O17S. The van der Waals surface area contributed by atoms with Gasteiger partial charge in [-0.1, -0.05) is 0 Å². The highest BCUT2D eigenvalue weighted by Crippen LogP contribution is 2.34. The fourth-order valence-electron chi connectivity index (χ4n) is 4.25. The topological polar surface area (TPSA) is 257 Å². The van der Waals surface area contributed by atoms with Crippen molar-refractivity contribution in [3.63, 3.8) is 0 Å². The van der Waals surface area contributed by atoms with E-state index in [-0.39, 0.29) is 17.1 Å². The number of hydrogen-bond donors (Lipinski definition) is 7. The van der Waals surface area contributed by atoms with Crippen molar-refractivity contribution in [3.05, 3.63) is 23.8 Å². The summed E-state index contributed by atoms with van der Waals surface area (Å²) < 4.78 is 68.3. The Labute approximate surface area is 241 Å². The molecule has 2 aliphatic heterocycles. The summed E-state index contributed by atoms with van der Waals surface area (Å²) in [4.78, 5) is 12.4. The Hall–Kier alpha value is -2.20. The van der Waals surface area contributed by atoms with Crippen molar-refractivity contribution in [1.29, 1.82) is 0 Å². The molecule has 17 nitrogen and oxygen atoms in total. The highest BCUT2D eigenvalue weighted by Gasteiger charge is 2.52. The molecule has 2 saturated heterocycles. The van der Waals surface area contributed by atoms with Gasteiger partial charge >= 0.3 is 16.4 Å². The molecule has 240 valence electrons. The Balaban J connectivity index is 1.77. The Morgan fingerprint density at radius 1 is 0.881 bits per heavy atom. The van der Waals surface area contributed by atoms with Gasteiger partial charge in [-0.25, -0.2) is 8.98 Å². The van der Waals surface area contributed by atoms with Gasteiger partial charge < -0.3 is 59.1 Å². The molecule has 3 rings (SSSR count). The molecule has 1 aromatic rings. The van der Waals surface area contributed by atoms with Crippen LogP contribution >= 0.6 is 0 Å². The van der Waals surface area contributed by atoms with Gasteiger partial charge in [0.25, 0.3) is 0 Å². The SMILES string of the molecule is COc1cc(C(=O)OC(C)(C)C)ccc1O[C@@H]1O[C@H](CO)[C@@H](O[C@@H]2O[C@H](CO)[C@H](O)[C@H](OS(=O)(=O)O)[C@H]2O)[C@H](O)[C@H]1O. The Morgan fingerprint density at radius 2 is 1.50 bits per heavy atom. The van der Waals surface area contributed by atoms with Gasteiger partial charge in [0.15, 0.2) is 17.8 Å². The summed E-state index contributed by atoms with van der Waals surface area (Å²) in [6.45, 7) is 3.36. The second-order valence-corrected chi connectivity index (χ2v) is 11.5. The Morgan fingerprint density at radius 3 is 2.05 bits per heavy atom. The van der Waals surface area contributed by atoms with E-state index in [1.807, 2.05) is 0 Å². The van der Waals surface area contributed by atoms with Crippen molar-refractivity contribution < 1.29 is 81.0 Å². The predicted octanol–water partition coefficient (Wildman–Crippen LogP) is -2.52. The van der Waals surface area contributed by atoms with E-state index in [9.17, 15) is 43.9 Å². The summed E-state index contributed by atoms with van der Waals surface area (Å²) in [7, 11) is -3.90. The lowest BCUT2D eigenvalue weighted by Gasteiger charge is -2.46. The van der Waals surface area contributed by atoms with Crippen molar-refractivity contribution >= 4 is 16.4 Å². The standard InChI is InChI=1S/C24H36O17S/c1-24(2,3)40-21(31)10-5-6-11(12(7-10)35-4)36-22-17(29)16(28)19(14(9-26)38-22)39-23-18(30)20(41-42(32,33)34)15(27)13(8-25)37-23/h5-7,13-20,22-23,25-30H,8-9H2,1-4H3,(H,32,33,34)/t13-,14-,15+,16-,17-,18-,19-,20+,22-,23+/m1/s1. The van der Waals surface area contributed by atoms with E-state index >= 15 is 0 Å². The highest BCUT2D eigenvalue weighted by molar-refractivity contribution is 7.80. The van der Waals surface area contributed by atoms with E-state index in [1.54, 1.807) is 20.8 Å². The maximum atomic E-state index is 12.4. The van der Waals surface area contributed by atoms with E-state index in [0.29, 0.717) is 0 Å². The molecular weight excluding hydrogens is 592 g/mol. The molecule has 2 aliphatic rings. The maximum absolute atomic E-state index is 12.4. The second-order valence-electron chi connectivity index (χ2n) is 10.5. The number of carbonyl (C=O) groups is 1. The third kappa shape index (κ3) is 8.24. The zero-order valence-electron chi connectivity index (χ0n) is 23.0. The van der Waals surface area contributed by atoms with Gasteiger partial charge in [0, 0.05) is 0 Å². The smallest absolute Gasteiger partial charge is 0.397 e. The van der Waals surface area contributed by atoms with Crippen LogP contribution in [0.3, 0.4) is 0 Å². The number of hydrogen-bond acceptors (Lipinski definition) is 16. The van der Waals surface area contributed by atoms with E-state index in [2.05, 4.69) is 4.18 Å². The van der Waals surface area contributed by atoms with Gasteiger partial charge in [0.2, 0.25) is 6.29 Å². The molecule has 0 radical (unpaired) electrons. The molecule has 0 saturated carbocycles. The van der Waals surface area contributed by atoms with Gasteiger partial charge in [0.05, 0.1) is 25.9 Å². The van der Waals surface area contributed by atoms with E-state index in [0.717, 1.165) is 0 Å². The van der Waals surface area contributed by atoms with Gasteiger partial charge in [-0.3, -0.25) is 4.55 Å². The number of aliphatic hydroxyl groups excluding tert-OH is 6. The molecule has 0 spiro atoms. The van der Waals surface area contributed by atoms with Crippen LogP contribution in [0.2, 0.25) is 0 Å². The van der Waals surface area contributed by atoms with Gasteiger partial charge in [0.1, 0.15) is 54.4 Å². The normalized spacial score (nSPS) is 34.1. The summed E-state index contributed by atoms with van der Waals surface area (Å²) in [5.74, 6) is -0.614. The number of esters is 1. The first-order valence-electron chi connectivity index (χ1n) is 12.6. The third-order valence-electron chi connectivity index (χ3n) is 6.21. The quantitative estimate of drug-likeness (QED) is 0.104. The van der Waals surface area contributed by atoms with Crippen LogP contribution in [-0.2, 0) is 33.5 Å². The molecule has 2 heterocycles. The zero-order chi connectivity index (χ0) is 31.6. The van der Waals surface area contributed by atoms with E-state index in [1.165, 1.54) is 25.3 Å². The molecule has 0 unspecified atom stereocenters. The first kappa shape index (κ1) is 34.3. The van der Waals surface area contributed by atoms with Crippen LogP contribution in [-0.4, -0.2) is 137 Å². The second kappa shape index (κ2) is 13.6. The Bertz CT molecular complexity index is 1170. The molecule has 42 heavy (non-hydrogen) atoms. The molecule has 0 amide bonds. The number of carbonyl (C=O) groups excluding carboxylic acids is 1. The van der Waals surface area contributed by atoms with Gasteiger partial charge in [-0.2, -0.15) is 8.42 Å². The molecule has 10 atom stereocenters. The van der Waals surface area contributed by atoms with Crippen LogP contribution in [0.4, 0.5) is 0 Å². The minimum Gasteiger partial charge on any atom is -0.493 e. The van der Waals surface area contributed by atoms with Crippen molar-refractivity contribution in [1.82, 2.24) is 0 Å². The summed E-state index contributed by atoms with van der Waals surface area (Å²) in [6, 6.07) is 4.02. The molecule has 7 N–H and O–H groups in total. The number of ether oxygens (including phenoxy) is 6. The Kier molecular flexibility index (Phi) is 11.1. The first-order valence-corrected chi connectivity index (χ1v) is 14.0. The van der Waals surface area contributed by atoms with Crippen LogP contribution < -0.4 is 9.47 Å². The maximum Gasteiger partial charge on any atom is 0.397 e. The average Bonchev–Trinajstić information content (AvgIpc) is 2.90. The lowest BCUT2D eigenvalue weighted by molar-refractivity contribution is -0.350. The average molecular weight is 629 g/mol. The monoisotopic (exact) mass is 628 g/mol. The third-order valence-corrected chi connectivity index (χ3v) is 6.67. The number of benzene rings is 1. The van der Waals surface area contributed by atoms with Gasteiger partial charge in [-0.15, -0.1) is 0 Å². The largest absolute Gasteiger partial charge is 0.493 e. The summed E-state index contributed by atoms with van der Waals surface area (Å²) >= 11 is 0. The van der Waals surface area contributed by atoms with Crippen molar-refractivity contribution in [2.24, 2.45) is 0 Å². The minimum atomic E-state index is -5.19. The van der Waals surface area contributed by atoms with Crippen molar-refractivity contribution in [3.8, 4) is 11.5 Å². The number of methoxy groups -OCH3 is 1. The molecule has 0 aliphatic carbocycles. The summed E-state index contributed by atoms with van der Waals surface area (Å²) in [6.07, 6.45) is -18.1. The fourth-order valence-corrected chi connectivity index (χ4v) is 4.76. The summed E-state index contributed by atoms with van der Waals surface area (Å²) in [5.41, 5.74) is -0.620. The van der Waals surface area contributed by atoms with Crippen LogP contribution in [0.15, 0.2) is 18.2 Å². The lowest BCUT2D eigenvalue weighted by atomic mass is 9.97. The lowest BCUT2D eigenvalue weighted by Crippen LogP contribution is -2.65. The molecule has 0 bridgehead atoms. The zero-order valence-corrected chi connectivity index (χ0v) is 23.9. The van der Waals surface area contributed by atoms with Crippen molar-refractivity contribution in [2.75, 3.05) is 20.3 Å². The highest BCUT2D eigenvalue weighted by atomic mass is 32.3. The van der Waals surface area contributed by atoms with Crippen LogP contribution in [0.25, 0.3) is 0 Å². The molecule has 2 fully saturated rings. The minimum absolute atomic E-state index is 0.0202. The van der Waals surface area contributed by atoms with Crippen LogP contribution in [0.1, 0.15) is 31.1 Å². The van der Waals surface area contributed by atoms with E-state index < -0.39 is 96.6 Å². The predicted molar refractivity (Wildman–Crippen MR) is 136 cm³/mol. The first-order chi connectivity index (χ1) is 19.5. The van der Waals surface area contributed by atoms with Crippen LogP contribution in [0.5, 0.6) is 11.5 Å². The van der Waals surface area contributed by atoms with E-state index in [4.69, 9.17) is 33.0 Å². The van der Waals surface area contributed by atoms with Crippen molar-refractivity contribution in [2.45, 2.75) is 87.8 Å².